The number of carboxylic acids is 1. The molecule has 0 amide bonds. The summed E-state index contributed by atoms with van der Waals surface area (Å²) in [7, 11) is 3.21. The number of rotatable bonds is 9. The van der Waals surface area contributed by atoms with Gasteiger partial charge < -0.3 is 20.3 Å². The van der Waals surface area contributed by atoms with Gasteiger partial charge >= 0.3 is 5.97 Å². The van der Waals surface area contributed by atoms with Gasteiger partial charge in [-0.1, -0.05) is 42.5 Å². The van der Waals surface area contributed by atoms with Crippen LogP contribution in [0.3, 0.4) is 0 Å². The van der Waals surface area contributed by atoms with E-state index in [0.29, 0.717) is 16.6 Å². The molecule has 2 atom stereocenters. The van der Waals surface area contributed by atoms with Gasteiger partial charge in [-0.05, 0) is 50.0 Å². The number of hydrogen-bond donors (Lipinski definition) is 4. The van der Waals surface area contributed by atoms with Crippen molar-refractivity contribution in [3.8, 4) is 0 Å². The number of nitrogens with one attached hydrogen (secondary N) is 1. The third-order valence-electron chi connectivity index (χ3n) is 6.08. The number of imidazole rings is 1. The number of likely N-dealkylation sites (N-methyl/N-ethyl adjacent to an activating group) is 1. The Morgan fingerprint density at radius 3 is 2.35 bits per heavy atom. The number of aliphatic carboxylic acids is 1. The van der Waals surface area contributed by atoms with Crippen molar-refractivity contribution in [3.05, 3.63) is 101 Å². The molecule has 0 aliphatic rings. The smallest absolute Gasteiger partial charge is 0.321 e. The van der Waals surface area contributed by atoms with Gasteiger partial charge in [-0.3, -0.25) is 14.5 Å². The van der Waals surface area contributed by atoms with E-state index in [1.165, 1.54) is 29.2 Å². The van der Waals surface area contributed by atoms with Gasteiger partial charge in [0.25, 0.3) is 0 Å². The fourth-order valence-electron chi connectivity index (χ4n) is 4.09. The minimum absolute atomic E-state index is 0.0217. The van der Waals surface area contributed by atoms with Gasteiger partial charge in [-0.2, -0.15) is 0 Å². The molecule has 4 aromatic rings. The lowest BCUT2D eigenvalue weighted by atomic mass is 9.95. The second-order valence-electron chi connectivity index (χ2n) is 8.86. The molecule has 4 rings (SSSR count). The van der Waals surface area contributed by atoms with Gasteiger partial charge in [0, 0.05) is 17.5 Å². The first-order valence-corrected chi connectivity index (χ1v) is 11.5. The second kappa shape index (κ2) is 10.7. The Kier molecular flexibility index (Phi) is 7.47. The summed E-state index contributed by atoms with van der Waals surface area (Å²) in [6.45, 7) is 0. The van der Waals surface area contributed by atoms with Crippen LogP contribution in [0.5, 0.6) is 0 Å². The lowest BCUT2D eigenvalue weighted by Crippen LogP contribution is -2.37. The molecule has 0 fully saturated rings. The standard InChI is InChI=1S/C28H26FN3O5/c1-32(2)22(28(36)37)15-23(33)16-7-5-8-17(13-16)25(34)24(26(35)18-9-6-10-19(29)14-18)27-30-20-11-3-4-12-21(20)31-27/h3-14,22-23,33-34H,15H2,1-2H3,(H,30,31)(H,36,37). The van der Waals surface area contributed by atoms with Crippen LogP contribution in [0, 0.1) is 5.82 Å². The van der Waals surface area contributed by atoms with Gasteiger partial charge in [0.05, 0.1) is 17.1 Å². The molecule has 37 heavy (non-hydrogen) atoms. The molecule has 0 saturated heterocycles. The maximum absolute atomic E-state index is 13.9. The van der Waals surface area contributed by atoms with E-state index in [2.05, 4.69) is 9.97 Å². The number of ketones is 1. The van der Waals surface area contributed by atoms with Gasteiger partial charge in [0.2, 0.25) is 5.78 Å². The Hall–Kier alpha value is -4.34. The highest BCUT2D eigenvalue weighted by atomic mass is 19.1. The average Bonchev–Trinajstić information content (AvgIpc) is 3.30. The first-order valence-electron chi connectivity index (χ1n) is 11.5. The van der Waals surface area contributed by atoms with Gasteiger partial charge in [-0.15, -0.1) is 0 Å². The Bertz CT molecular complexity index is 1460. The van der Waals surface area contributed by atoms with Gasteiger partial charge in [0.1, 0.15) is 29.0 Å². The number of aliphatic hydroxyl groups excluding tert-OH is 2. The van der Waals surface area contributed by atoms with Crippen LogP contribution in [0.2, 0.25) is 0 Å². The monoisotopic (exact) mass is 503 g/mol. The fraction of sp³-hybridized carbons (Fsp3) is 0.179. The number of aromatic nitrogens is 2. The molecule has 0 spiro atoms. The minimum atomic E-state index is -1.15. The minimum Gasteiger partial charge on any atom is -0.506 e. The number of hydrogen-bond acceptors (Lipinski definition) is 6. The zero-order valence-corrected chi connectivity index (χ0v) is 20.2. The number of carboxylic acid groups (broad SMARTS) is 1. The molecule has 0 bridgehead atoms. The predicted octanol–water partition coefficient (Wildman–Crippen LogP) is 4.45. The van der Waals surface area contributed by atoms with E-state index < -0.39 is 35.5 Å². The summed E-state index contributed by atoms with van der Waals surface area (Å²) >= 11 is 0. The first kappa shape index (κ1) is 25.7. The lowest BCUT2D eigenvalue weighted by molar-refractivity contribution is -0.143. The normalized spacial score (nSPS) is 13.9. The molecule has 190 valence electrons. The number of aliphatic hydroxyl groups is 2. The topological polar surface area (TPSA) is 127 Å². The number of H-pyrrole nitrogens is 1. The molecule has 0 aliphatic heterocycles. The number of carbonyl (C=O) groups is 2. The summed E-state index contributed by atoms with van der Waals surface area (Å²) in [6, 6.07) is 17.5. The van der Waals surface area contributed by atoms with E-state index in [-0.39, 0.29) is 28.9 Å². The largest absolute Gasteiger partial charge is 0.506 e. The number of fused-ring (bicyclic) bond motifs is 1. The average molecular weight is 504 g/mol. The molecule has 1 heterocycles. The zero-order chi connectivity index (χ0) is 26.7. The Labute approximate surface area is 212 Å². The molecule has 8 nitrogen and oxygen atoms in total. The number of allylic oxidation sites excluding steroid dienone is 1. The maximum Gasteiger partial charge on any atom is 0.321 e. The summed E-state index contributed by atoms with van der Waals surface area (Å²) in [6.07, 6.45) is -1.24. The number of benzene rings is 3. The summed E-state index contributed by atoms with van der Waals surface area (Å²) in [4.78, 5) is 34.1. The van der Waals surface area contributed by atoms with Crippen LogP contribution in [0.15, 0.2) is 72.8 Å². The van der Waals surface area contributed by atoms with E-state index in [1.807, 2.05) is 0 Å². The van der Waals surface area contributed by atoms with Crippen LogP contribution in [0.25, 0.3) is 22.4 Å². The summed E-state index contributed by atoms with van der Waals surface area (Å²) in [5, 5.41) is 31.5. The molecular formula is C28H26FN3O5. The van der Waals surface area contributed by atoms with Gasteiger partial charge in [-0.25, -0.2) is 9.37 Å². The Balaban J connectivity index is 1.81. The molecule has 9 heteroatoms. The van der Waals surface area contributed by atoms with E-state index in [0.717, 1.165) is 6.07 Å². The van der Waals surface area contributed by atoms with E-state index in [9.17, 15) is 29.3 Å². The Morgan fingerprint density at radius 1 is 0.973 bits per heavy atom. The van der Waals surface area contributed by atoms with Crippen LogP contribution in [-0.2, 0) is 4.79 Å². The van der Waals surface area contributed by atoms with Crippen LogP contribution >= 0.6 is 0 Å². The highest BCUT2D eigenvalue weighted by Crippen LogP contribution is 2.30. The number of Topliss-reactive ketones (excluding diaryl/α,β-unsaturated/α-hetero) is 1. The summed E-state index contributed by atoms with van der Waals surface area (Å²) in [5.41, 5.74) is 1.62. The van der Waals surface area contributed by atoms with Crippen molar-refractivity contribution in [3.63, 3.8) is 0 Å². The summed E-state index contributed by atoms with van der Waals surface area (Å²) in [5.74, 6) is -2.66. The number of carbonyl (C=O) groups excluding carboxylic acids is 1. The predicted molar refractivity (Wildman–Crippen MR) is 137 cm³/mol. The molecule has 4 N–H and O–H groups in total. The van der Waals surface area contributed by atoms with E-state index in [4.69, 9.17) is 0 Å². The van der Waals surface area contributed by atoms with Crippen molar-refractivity contribution in [2.75, 3.05) is 14.1 Å². The van der Waals surface area contributed by atoms with Crippen molar-refractivity contribution in [1.29, 1.82) is 0 Å². The quantitative estimate of drug-likeness (QED) is 0.151. The van der Waals surface area contributed by atoms with Crippen molar-refractivity contribution >= 4 is 34.1 Å². The highest BCUT2D eigenvalue weighted by molar-refractivity contribution is 6.33. The van der Waals surface area contributed by atoms with E-state index >= 15 is 0 Å². The molecular weight excluding hydrogens is 477 g/mol. The SMILES string of the molecule is CN(C)C(CC(O)c1cccc(C(O)=C(C(=O)c2cccc(F)c2)c2nc3ccccc3[nH]2)c1)C(=O)O. The number of para-hydroxylation sites is 2. The molecule has 1 aromatic heterocycles. The number of halogens is 1. The number of nitrogens with zero attached hydrogens (tertiary/aromatic N) is 2. The van der Waals surface area contributed by atoms with Crippen molar-refractivity contribution in [2.45, 2.75) is 18.6 Å². The fourth-order valence-corrected chi connectivity index (χ4v) is 4.09. The molecule has 0 aliphatic carbocycles. The highest BCUT2D eigenvalue weighted by Gasteiger charge is 2.26. The molecule has 3 aromatic carbocycles. The molecule has 2 unspecified atom stereocenters. The van der Waals surface area contributed by atoms with Crippen molar-refractivity contribution < 1.29 is 29.3 Å². The Morgan fingerprint density at radius 2 is 1.68 bits per heavy atom. The van der Waals surface area contributed by atoms with Crippen molar-refractivity contribution in [1.82, 2.24) is 14.9 Å². The zero-order valence-electron chi connectivity index (χ0n) is 20.2. The molecule has 0 saturated carbocycles. The maximum atomic E-state index is 13.9. The van der Waals surface area contributed by atoms with E-state index in [1.54, 1.807) is 56.6 Å². The van der Waals surface area contributed by atoms with Crippen molar-refractivity contribution in [2.24, 2.45) is 0 Å². The van der Waals surface area contributed by atoms with Crippen LogP contribution in [0.1, 0.15) is 39.8 Å². The molecule has 0 radical (unpaired) electrons. The third-order valence-corrected chi connectivity index (χ3v) is 6.08. The van der Waals surface area contributed by atoms with Crippen LogP contribution in [-0.4, -0.2) is 62.1 Å². The third kappa shape index (κ3) is 5.58. The van der Waals surface area contributed by atoms with Crippen LogP contribution in [0.4, 0.5) is 4.39 Å². The number of aromatic amines is 1. The first-order chi connectivity index (χ1) is 17.7. The second-order valence-corrected chi connectivity index (χ2v) is 8.86. The van der Waals surface area contributed by atoms with Crippen LogP contribution < -0.4 is 0 Å². The van der Waals surface area contributed by atoms with Gasteiger partial charge in [0.15, 0.2) is 0 Å². The summed E-state index contributed by atoms with van der Waals surface area (Å²) < 4.78 is 13.9. The lowest BCUT2D eigenvalue weighted by Gasteiger charge is -2.23.